The Morgan fingerprint density at radius 1 is 1.11 bits per heavy atom. The number of anilines is 1. The number of unbranched alkanes of at least 4 members (excludes halogenated alkanes) is 1. The average Bonchev–Trinajstić information content (AvgIpc) is 2.38. The Labute approximate surface area is 106 Å². The molecule has 100 valence electrons. The molecular formula is C13H19NO4. The number of hydrogen-bond acceptors (Lipinski definition) is 4. The van der Waals surface area contributed by atoms with E-state index in [0.717, 1.165) is 12.1 Å². The van der Waals surface area contributed by atoms with E-state index >= 15 is 0 Å². The minimum atomic E-state index is -0.962. The van der Waals surface area contributed by atoms with Crippen molar-refractivity contribution < 1.29 is 20.1 Å². The van der Waals surface area contributed by atoms with Crippen LogP contribution in [0, 0.1) is 0 Å². The van der Waals surface area contributed by atoms with Crippen molar-refractivity contribution in [3.63, 3.8) is 0 Å². The largest absolute Gasteiger partial charge is 0.478 e. The van der Waals surface area contributed by atoms with E-state index in [1.165, 1.54) is 6.07 Å². The smallest absolute Gasteiger partial charge is 0.335 e. The molecule has 0 radical (unpaired) electrons. The summed E-state index contributed by atoms with van der Waals surface area (Å²) in [6.07, 6.45) is 1.49. The SMILES string of the molecule is O=C(O)c1cccc(N(CCO)CCCCO)c1. The molecule has 0 saturated carbocycles. The second-order valence-electron chi connectivity index (χ2n) is 4.00. The number of aromatic carboxylic acids is 1. The van der Waals surface area contributed by atoms with Gasteiger partial charge >= 0.3 is 5.97 Å². The van der Waals surface area contributed by atoms with Crippen molar-refractivity contribution in [2.24, 2.45) is 0 Å². The van der Waals surface area contributed by atoms with E-state index < -0.39 is 5.97 Å². The zero-order chi connectivity index (χ0) is 13.4. The Kier molecular flexibility index (Phi) is 6.18. The van der Waals surface area contributed by atoms with Crippen molar-refractivity contribution in [3.8, 4) is 0 Å². The third-order valence-corrected chi connectivity index (χ3v) is 2.66. The summed E-state index contributed by atoms with van der Waals surface area (Å²) in [7, 11) is 0. The lowest BCUT2D eigenvalue weighted by Crippen LogP contribution is -2.28. The molecule has 1 rings (SSSR count). The molecule has 0 fully saturated rings. The number of carbonyl (C=O) groups is 1. The Morgan fingerprint density at radius 3 is 2.50 bits per heavy atom. The summed E-state index contributed by atoms with van der Waals surface area (Å²) in [5.41, 5.74) is 1.01. The fourth-order valence-electron chi connectivity index (χ4n) is 1.74. The van der Waals surface area contributed by atoms with Gasteiger partial charge in [0.15, 0.2) is 0 Å². The zero-order valence-corrected chi connectivity index (χ0v) is 10.2. The number of benzene rings is 1. The summed E-state index contributed by atoms with van der Waals surface area (Å²) in [6, 6.07) is 6.64. The van der Waals surface area contributed by atoms with Gasteiger partial charge < -0.3 is 20.2 Å². The van der Waals surface area contributed by atoms with Crippen LogP contribution in [0.3, 0.4) is 0 Å². The van der Waals surface area contributed by atoms with E-state index in [9.17, 15) is 4.79 Å². The maximum atomic E-state index is 10.9. The second kappa shape index (κ2) is 7.68. The van der Waals surface area contributed by atoms with Crippen LogP contribution < -0.4 is 4.90 Å². The van der Waals surface area contributed by atoms with Gasteiger partial charge in [-0.25, -0.2) is 4.79 Å². The van der Waals surface area contributed by atoms with Gasteiger partial charge in [0.1, 0.15) is 0 Å². The van der Waals surface area contributed by atoms with Gasteiger partial charge in [0.05, 0.1) is 12.2 Å². The fraction of sp³-hybridized carbons (Fsp3) is 0.462. The molecule has 0 aliphatic carbocycles. The van der Waals surface area contributed by atoms with Crippen molar-refractivity contribution in [2.75, 3.05) is 31.2 Å². The predicted octanol–water partition coefficient (Wildman–Crippen LogP) is 0.956. The Balaban J connectivity index is 2.77. The van der Waals surface area contributed by atoms with E-state index in [1.807, 2.05) is 11.0 Å². The first-order valence-electron chi connectivity index (χ1n) is 5.99. The highest BCUT2D eigenvalue weighted by Crippen LogP contribution is 2.16. The minimum Gasteiger partial charge on any atom is -0.478 e. The van der Waals surface area contributed by atoms with Crippen LogP contribution in [-0.4, -0.2) is 47.6 Å². The number of aliphatic hydroxyl groups excluding tert-OH is 2. The highest BCUT2D eigenvalue weighted by atomic mass is 16.4. The number of carboxylic acids is 1. The Morgan fingerprint density at radius 2 is 1.89 bits per heavy atom. The highest BCUT2D eigenvalue weighted by Gasteiger charge is 2.09. The molecule has 5 heteroatoms. The number of aliphatic hydroxyl groups is 2. The monoisotopic (exact) mass is 253 g/mol. The van der Waals surface area contributed by atoms with E-state index in [-0.39, 0.29) is 18.8 Å². The first-order chi connectivity index (χ1) is 8.69. The van der Waals surface area contributed by atoms with Gasteiger partial charge in [0.2, 0.25) is 0 Å². The van der Waals surface area contributed by atoms with Crippen molar-refractivity contribution in [1.82, 2.24) is 0 Å². The molecule has 0 aliphatic rings. The molecule has 1 aromatic rings. The summed E-state index contributed by atoms with van der Waals surface area (Å²) >= 11 is 0. The third-order valence-electron chi connectivity index (χ3n) is 2.66. The average molecular weight is 253 g/mol. The van der Waals surface area contributed by atoms with Gasteiger partial charge in [-0.3, -0.25) is 0 Å². The maximum absolute atomic E-state index is 10.9. The van der Waals surface area contributed by atoms with Crippen LogP contribution in [0.25, 0.3) is 0 Å². The lowest BCUT2D eigenvalue weighted by Gasteiger charge is -2.24. The second-order valence-corrected chi connectivity index (χ2v) is 4.00. The van der Waals surface area contributed by atoms with Crippen LogP contribution >= 0.6 is 0 Å². The van der Waals surface area contributed by atoms with Crippen molar-refractivity contribution in [1.29, 1.82) is 0 Å². The van der Waals surface area contributed by atoms with Gasteiger partial charge in [-0.15, -0.1) is 0 Å². The number of rotatable bonds is 8. The predicted molar refractivity (Wildman–Crippen MR) is 69.0 cm³/mol. The molecule has 0 amide bonds. The van der Waals surface area contributed by atoms with E-state index in [4.69, 9.17) is 15.3 Å². The summed E-state index contributed by atoms with van der Waals surface area (Å²) in [6.45, 7) is 1.29. The minimum absolute atomic E-state index is 0.0103. The lowest BCUT2D eigenvalue weighted by molar-refractivity contribution is 0.0697. The van der Waals surface area contributed by atoms with E-state index in [2.05, 4.69) is 0 Å². The first kappa shape index (κ1) is 14.5. The number of nitrogens with zero attached hydrogens (tertiary/aromatic N) is 1. The molecule has 0 spiro atoms. The summed E-state index contributed by atoms with van der Waals surface area (Å²) < 4.78 is 0. The topological polar surface area (TPSA) is 81.0 Å². The van der Waals surface area contributed by atoms with Gasteiger partial charge in [0.25, 0.3) is 0 Å². The van der Waals surface area contributed by atoms with Crippen LogP contribution in [0.4, 0.5) is 5.69 Å². The zero-order valence-electron chi connectivity index (χ0n) is 10.2. The van der Waals surface area contributed by atoms with E-state index in [1.54, 1.807) is 12.1 Å². The molecule has 0 aromatic heterocycles. The van der Waals surface area contributed by atoms with Crippen LogP contribution in [0.5, 0.6) is 0 Å². The quantitative estimate of drug-likeness (QED) is 0.601. The molecule has 0 unspecified atom stereocenters. The first-order valence-corrected chi connectivity index (χ1v) is 5.99. The van der Waals surface area contributed by atoms with E-state index in [0.29, 0.717) is 19.5 Å². The summed E-state index contributed by atoms with van der Waals surface area (Å²) in [5.74, 6) is -0.962. The molecule has 3 N–H and O–H groups in total. The summed E-state index contributed by atoms with van der Waals surface area (Å²) in [5, 5.41) is 26.7. The Bertz CT molecular complexity index is 381. The number of carboxylic acid groups (broad SMARTS) is 1. The Hall–Kier alpha value is -1.59. The van der Waals surface area contributed by atoms with Gasteiger partial charge in [-0.1, -0.05) is 6.07 Å². The van der Waals surface area contributed by atoms with Crippen molar-refractivity contribution in [2.45, 2.75) is 12.8 Å². The van der Waals surface area contributed by atoms with Crippen molar-refractivity contribution >= 4 is 11.7 Å². The maximum Gasteiger partial charge on any atom is 0.335 e. The summed E-state index contributed by atoms with van der Waals surface area (Å²) in [4.78, 5) is 12.8. The molecule has 5 nitrogen and oxygen atoms in total. The van der Waals surface area contributed by atoms with Crippen LogP contribution in [0.1, 0.15) is 23.2 Å². The molecule has 0 heterocycles. The van der Waals surface area contributed by atoms with Crippen LogP contribution in [-0.2, 0) is 0 Å². The normalized spacial score (nSPS) is 10.3. The number of hydrogen-bond donors (Lipinski definition) is 3. The van der Waals surface area contributed by atoms with Crippen molar-refractivity contribution in [3.05, 3.63) is 29.8 Å². The fourth-order valence-corrected chi connectivity index (χ4v) is 1.74. The lowest BCUT2D eigenvalue weighted by atomic mass is 10.1. The molecular weight excluding hydrogens is 234 g/mol. The van der Waals surface area contributed by atoms with Gasteiger partial charge in [0, 0.05) is 25.4 Å². The van der Waals surface area contributed by atoms with Crippen LogP contribution in [0.2, 0.25) is 0 Å². The van der Waals surface area contributed by atoms with Crippen LogP contribution in [0.15, 0.2) is 24.3 Å². The molecule has 0 bridgehead atoms. The molecule has 18 heavy (non-hydrogen) atoms. The van der Waals surface area contributed by atoms with Gasteiger partial charge in [-0.2, -0.15) is 0 Å². The molecule has 0 atom stereocenters. The van der Waals surface area contributed by atoms with Gasteiger partial charge in [-0.05, 0) is 31.0 Å². The molecule has 0 aliphatic heterocycles. The third kappa shape index (κ3) is 4.35. The highest BCUT2D eigenvalue weighted by molar-refractivity contribution is 5.88. The standard InChI is InChI=1S/C13H19NO4/c15-8-2-1-6-14(7-9-16)12-5-3-4-11(10-12)13(17)18/h3-5,10,15-16H,1-2,6-9H2,(H,17,18). The molecule has 1 aromatic carbocycles. The molecule has 0 saturated heterocycles.